The third-order valence-corrected chi connectivity index (χ3v) is 4.63. The normalized spacial score (nSPS) is 11.1. The quantitative estimate of drug-likeness (QED) is 0.515. The van der Waals surface area contributed by atoms with E-state index in [0.29, 0.717) is 11.3 Å². The zero-order valence-corrected chi connectivity index (χ0v) is 17.2. The number of benzene rings is 3. The maximum Gasteiger partial charge on any atom is 0.272 e. The molecule has 0 bridgehead atoms. The van der Waals surface area contributed by atoms with Crippen LogP contribution in [-0.2, 0) is 4.79 Å². The van der Waals surface area contributed by atoms with Crippen LogP contribution in [0, 0.1) is 12.7 Å². The van der Waals surface area contributed by atoms with Gasteiger partial charge in [-0.25, -0.2) is 4.39 Å². The van der Waals surface area contributed by atoms with Crippen LogP contribution in [-0.4, -0.2) is 11.8 Å². The lowest BCUT2D eigenvalue weighted by Crippen LogP contribution is -2.31. The Labute approximate surface area is 176 Å². The highest BCUT2D eigenvalue weighted by atomic mass is 79.9. The third-order valence-electron chi connectivity index (χ3n) is 4.10. The van der Waals surface area contributed by atoms with E-state index in [1.807, 2.05) is 31.2 Å². The number of hydrogen-bond donors (Lipinski definition) is 2. The van der Waals surface area contributed by atoms with E-state index < -0.39 is 17.6 Å². The van der Waals surface area contributed by atoms with Crippen molar-refractivity contribution in [3.63, 3.8) is 0 Å². The summed E-state index contributed by atoms with van der Waals surface area (Å²) in [6.07, 6.45) is 1.54. The first-order chi connectivity index (χ1) is 13.9. The molecule has 0 unspecified atom stereocenters. The van der Waals surface area contributed by atoms with E-state index in [9.17, 15) is 14.0 Å². The van der Waals surface area contributed by atoms with Gasteiger partial charge in [0, 0.05) is 10.2 Å². The third kappa shape index (κ3) is 5.62. The summed E-state index contributed by atoms with van der Waals surface area (Å²) in [5, 5.41) is 5.27. The molecule has 0 atom stereocenters. The highest BCUT2D eigenvalue weighted by Crippen LogP contribution is 2.15. The van der Waals surface area contributed by atoms with Gasteiger partial charge < -0.3 is 10.6 Å². The molecule has 0 aromatic heterocycles. The average molecular weight is 453 g/mol. The van der Waals surface area contributed by atoms with Gasteiger partial charge in [0.05, 0.1) is 5.56 Å². The van der Waals surface area contributed by atoms with Gasteiger partial charge in [-0.15, -0.1) is 0 Å². The Kier molecular flexibility index (Phi) is 6.57. The summed E-state index contributed by atoms with van der Waals surface area (Å²) in [7, 11) is 0. The number of amides is 2. The number of halogens is 2. The predicted octanol–water partition coefficient (Wildman–Crippen LogP) is 5.31. The number of hydrogen-bond acceptors (Lipinski definition) is 2. The van der Waals surface area contributed by atoms with E-state index in [4.69, 9.17) is 0 Å². The molecule has 0 saturated heterocycles. The van der Waals surface area contributed by atoms with Gasteiger partial charge >= 0.3 is 0 Å². The molecule has 0 radical (unpaired) electrons. The molecule has 2 amide bonds. The van der Waals surface area contributed by atoms with Crippen LogP contribution >= 0.6 is 15.9 Å². The number of anilines is 1. The maximum atomic E-state index is 14.0. The summed E-state index contributed by atoms with van der Waals surface area (Å²) in [6.45, 7) is 1.94. The molecule has 29 heavy (non-hydrogen) atoms. The zero-order chi connectivity index (χ0) is 20.8. The first-order valence-corrected chi connectivity index (χ1v) is 9.63. The SMILES string of the molecule is Cc1ccc(NC(=O)/C(=C/c2ccc(Br)cc2)NC(=O)c2ccccc2F)cc1. The number of carbonyl (C=O) groups excluding carboxylic acids is 2. The van der Waals surface area contributed by atoms with Crippen molar-refractivity contribution in [3.8, 4) is 0 Å². The monoisotopic (exact) mass is 452 g/mol. The van der Waals surface area contributed by atoms with Crippen LogP contribution in [0.1, 0.15) is 21.5 Å². The van der Waals surface area contributed by atoms with Crippen molar-refractivity contribution < 1.29 is 14.0 Å². The minimum Gasteiger partial charge on any atom is -0.321 e. The van der Waals surface area contributed by atoms with E-state index in [2.05, 4.69) is 26.6 Å². The fourth-order valence-electron chi connectivity index (χ4n) is 2.55. The summed E-state index contributed by atoms with van der Waals surface area (Å²) < 4.78 is 14.8. The van der Waals surface area contributed by atoms with Gasteiger partial charge in [0.15, 0.2) is 0 Å². The molecule has 0 aliphatic rings. The first kappa shape index (κ1) is 20.5. The van der Waals surface area contributed by atoms with Crippen LogP contribution in [0.5, 0.6) is 0 Å². The molecule has 2 N–H and O–H groups in total. The molecule has 0 aliphatic carbocycles. The van der Waals surface area contributed by atoms with Crippen LogP contribution in [0.15, 0.2) is 83.0 Å². The van der Waals surface area contributed by atoms with Gasteiger partial charge in [0.2, 0.25) is 0 Å². The van der Waals surface area contributed by atoms with Gasteiger partial charge in [-0.2, -0.15) is 0 Å². The molecule has 6 heteroatoms. The summed E-state index contributed by atoms with van der Waals surface area (Å²) in [5.74, 6) is -1.88. The number of rotatable bonds is 5. The molecule has 3 aromatic carbocycles. The largest absolute Gasteiger partial charge is 0.321 e. The molecular weight excluding hydrogens is 435 g/mol. The smallest absolute Gasteiger partial charge is 0.272 e. The Morgan fingerprint density at radius 3 is 2.24 bits per heavy atom. The van der Waals surface area contributed by atoms with Crippen molar-refractivity contribution in [1.82, 2.24) is 5.32 Å². The second-order valence-corrected chi connectivity index (χ2v) is 7.28. The number of carbonyl (C=O) groups is 2. The van der Waals surface area contributed by atoms with Crippen LogP contribution in [0.25, 0.3) is 6.08 Å². The topological polar surface area (TPSA) is 58.2 Å². The van der Waals surface area contributed by atoms with E-state index >= 15 is 0 Å². The molecule has 0 fully saturated rings. The van der Waals surface area contributed by atoms with Crippen LogP contribution < -0.4 is 10.6 Å². The highest BCUT2D eigenvalue weighted by Gasteiger charge is 2.17. The van der Waals surface area contributed by atoms with Gasteiger partial charge in [0.1, 0.15) is 11.5 Å². The van der Waals surface area contributed by atoms with Crippen molar-refractivity contribution in [1.29, 1.82) is 0 Å². The lowest BCUT2D eigenvalue weighted by atomic mass is 10.1. The van der Waals surface area contributed by atoms with Gasteiger partial charge in [-0.05, 0) is 55.0 Å². The lowest BCUT2D eigenvalue weighted by Gasteiger charge is -2.12. The van der Waals surface area contributed by atoms with Crippen molar-refractivity contribution in [2.24, 2.45) is 0 Å². The Bertz CT molecular complexity index is 1060. The van der Waals surface area contributed by atoms with Crippen LogP contribution in [0.3, 0.4) is 0 Å². The van der Waals surface area contributed by atoms with E-state index in [-0.39, 0.29) is 11.3 Å². The molecule has 3 rings (SSSR count). The minimum atomic E-state index is -0.703. The fraction of sp³-hybridized carbons (Fsp3) is 0.0435. The molecule has 146 valence electrons. The lowest BCUT2D eigenvalue weighted by molar-refractivity contribution is -0.113. The Morgan fingerprint density at radius 2 is 1.59 bits per heavy atom. The summed E-state index contributed by atoms with van der Waals surface area (Å²) in [4.78, 5) is 25.4. The molecule has 0 spiro atoms. The number of aryl methyl sites for hydroxylation is 1. The predicted molar refractivity (Wildman–Crippen MR) is 116 cm³/mol. The number of nitrogens with one attached hydrogen (secondary N) is 2. The molecular formula is C23H18BrFN2O2. The van der Waals surface area contributed by atoms with Crippen molar-refractivity contribution in [3.05, 3.63) is 105 Å². The van der Waals surface area contributed by atoms with Crippen LogP contribution in [0.4, 0.5) is 10.1 Å². The van der Waals surface area contributed by atoms with Crippen LogP contribution in [0.2, 0.25) is 0 Å². The summed E-state index contributed by atoms with van der Waals surface area (Å²) >= 11 is 3.36. The van der Waals surface area contributed by atoms with E-state index in [1.54, 1.807) is 30.3 Å². The summed E-state index contributed by atoms with van der Waals surface area (Å²) in [5.41, 5.74) is 2.21. The van der Waals surface area contributed by atoms with Gasteiger partial charge in [0.25, 0.3) is 11.8 Å². The Morgan fingerprint density at radius 1 is 0.931 bits per heavy atom. The minimum absolute atomic E-state index is 0.00107. The maximum absolute atomic E-state index is 14.0. The second kappa shape index (κ2) is 9.30. The molecule has 0 saturated carbocycles. The van der Waals surface area contributed by atoms with Crippen molar-refractivity contribution >= 4 is 39.5 Å². The first-order valence-electron chi connectivity index (χ1n) is 8.83. The average Bonchev–Trinajstić information content (AvgIpc) is 2.71. The fourth-order valence-corrected chi connectivity index (χ4v) is 2.82. The van der Waals surface area contributed by atoms with E-state index in [0.717, 1.165) is 10.0 Å². The van der Waals surface area contributed by atoms with Crippen molar-refractivity contribution in [2.45, 2.75) is 6.92 Å². The molecule has 0 aliphatic heterocycles. The van der Waals surface area contributed by atoms with E-state index in [1.165, 1.54) is 24.3 Å². The Balaban J connectivity index is 1.89. The summed E-state index contributed by atoms with van der Waals surface area (Å²) in [6, 6.07) is 20.1. The van der Waals surface area contributed by atoms with Crippen molar-refractivity contribution in [2.75, 3.05) is 5.32 Å². The highest BCUT2D eigenvalue weighted by molar-refractivity contribution is 9.10. The molecule has 3 aromatic rings. The second-order valence-electron chi connectivity index (χ2n) is 6.36. The van der Waals surface area contributed by atoms with Gasteiger partial charge in [-0.1, -0.05) is 57.9 Å². The zero-order valence-electron chi connectivity index (χ0n) is 15.6. The molecule has 4 nitrogen and oxygen atoms in total. The standard InChI is InChI=1S/C23H18BrFN2O2/c1-15-6-12-18(13-7-15)26-23(29)21(14-16-8-10-17(24)11-9-16)27-22(28)19-4-2-3-5-20(19)25/h2-14H,1H3,(H,26,29)(H,27,28)/b21-14-. The molecule has 0 heterocycles. The Hall–Kier alpha value is -3.25. The van der Waals surface area contributed by atoms with Gasteiger partial charge in [-0.3, -0.25) is 9.59 Å².